The fraction of sp³-hybridized carbons (Fsp3) is 0.273. The first-order valence-electron chi connectivity index (χ1n) is 4.41. The SMILES string of the molecule is CC(=O)SCC=Cc1ncccc1C. The molecule has 1 aromatic heterocycles. The number of aromatic nitrogens is 1. The van der Waals surface area contributed by atoms with E-state index in [1.165, 1.54) is 11.8 Å². The van der Waals surface area contributed by atoms with E-state index in [1.807, 2.05) is 31.2 Å². The van der Waals surface area contributed by atoms with Crippen LogP contribution in [0.25, 0.3) is 6.08 Å². The quantitative estimate of drug-likeness (QED) is 0.763. The Balaban J connectivity index is 2.52. The zero-order valence-electron chi connectivity index (χ0n) is 8.36. The van der Waals surface area contributed by atoms with Crippen LogP contribution in [0.5, 0.6) is 0 Å². The average Bonchev–Trinajstić information content (AvgIpc) is 2.15. The van der Waals surface area contributed by atoms with Crippen molar-refractivity contribution in [1.29, 1.82) is 0 Å². The maximum Gasteiger partial charge on any atom is 0.186 e. The van der Waals surface area contributed by atoms with Gasteiger partial charge in [0, 0.05) is 18.9 Å². The zero-order valence-corrected chi connectivity index (χ0v) is 9.17. The third-order valence-corrected chi connectivity index (χ3v) is 2.47. The van der Waals surface area contributed by atoms with Crippen LogP contribution in [0, 0.1) is 6.92 Å². The normalized spacial score (nSPS) is 10.7. The molecule has 3 heteroatoms. The van der Waals surface area contributed by atoms with E-state index in [2.05, 4.69) is 4.98 Å². The van der Waals surface area contributed by atoms with Crippen molar-refractivity contribution < 1.29 is 4.79 Å². The van der Waals surface area contributed by atoms with Crippen molar-refractivity contribution in [1.82, 2.24) is 4.98 Å². The predicted octanol–water partition coefficient (Wildman–Crippen LogP) is 2.68. The van der Waals surface area contributed by atoms with Crippen molar-refractivity contribution in [2.75, 3.05) is 5.75 Å². The minimum Gasteiger partial charge on any atom is -0.288 e. The molecule has 0 aliphatic heterocycles. The Bertz CT molecular complexity index is 347. The van der Waals surface area contributed by atoms with Gasteiger partial charge < -0.3 is 0 Å². The number of thioether (sulfide) groups is 1. The molecule has 0 radical (unpaired) electrons. The number of carbonyl (C=O) groups excluding carboxylic acids is 1. The van der Waals surface area contributed by atoms with Crippen molar-refractivity contribution in [3.05, 3.63) is 35.7 Å². The summed E-state index contributed by atoms with van der Waals surface area (Å²) in [5.74, 6) is 0.714. The Morgan fingerprint density at radius 3 is 3.07 bits per heavy atom. The van der Waals surface area contributed by atoms with Gasteiger partial charge in [-0.3, -0.25) is 9.78 Å². The van der Waals surface area contributed by atoms with Gasteiger partial charge in [0.05, 0.1) is 5.69 Å². The molecule has 2 nitrogen and oxygen atoms in total. The maximum absolute atomic E-state index is 10.6. The highest BCUT2D eigenvalue weighted by molar-refractivity contribution is 8.13. The summed E-state index contributed by atoms with van der Waals surface area (Å²) >= 11 is 1.30. The Morgan fingerprint density at radius 2 is 2.43 bits per heavy atom. The summed E-state index contributed by atoms with van der Waals surface area (Å²) in [6.45, 7) is 3.59. The average molecular weight is 207 g/mol. The van der Waals surface area contributed by atoms with Gasteiger partial charge in [0.2, 0.25) is 0 Å². The Kier molecular flexibility index (Phi) is 4.40. The van der Waals surface area contributed by atoms with Crippen LogP contribution in [0.1, 0.15) is 18.2 Å². The van der Waals surface area contributed by atoms with Crippen molar-refractivity contribution in [2.45, 2.75) is 13.8 Å². The van der Waals surface area contributed by atoms with Crippen LogP contribution in [0.2, 0.25) is 0 Å². The summed E-state index contributed by atoms with van der Waals surface area (Å²) < 4.78 is 0. The standard InChI is InChI=1S/C11H13NOS/c1-9-5-3-7-12-11(9)6-4-8-14-10(2)13/h3-7H,8H2,1-2H3. The number of nitrogens with zero attached hydrogens (tertiary/aromatic N) is 1. The van der Waals surface area contributed by atoms with Crippen LogP contribution in [0.3, 0.4) is 0 Å². The van der Waals surface area contributed by atoms with Gasteiger partial charge in [-0.25, -0.2) is 0 Å². The first kappa shape index (κ1) is 11.0. The van der Waals surface area contributed by atoms with Gasteiger partial charge in [0.25, 0.3) is 0 Å². The molecular formula is C11H13NOS. The smallest absolute Gasteiger partial charge is 0.186 e. The Morgan fingerprint density at radius 1 is 1.64 bits per heavy atom. The molecule has 1 rings (SSSR count). The molecule has 0 aliphatic rings. The molecule has 0 saturated carbocycles. The summed E-state index contributed by atoms with van der Waals surface area (Å²) in [6.07, 6.45) is 5.68. The van der Waals surface area contributed by atoms with Crippen LogP contribution in [-0.2, 0) is 4.79 Å². The second kappa shape index (κ2) is 5.60. The summed E-state index contributed by atoms with van der Waals surface area (Å²) in [5.41, 5.74) is 2.12. The van der Waals surface area contributed by atoms with Crippen molar-refractivity contribution in [3.63, 3.8) is 0 Å². The molecule has 0 bridgehead atoms. The topological polar surface area (TPSA) is 30.0 Å². The molecule has 0 atom stereocenters. The lowest BCUT2D eigenvalue weighted by molar-refractivity contribution is -0.109. The second-order valence-corrected chi connectivity index (χ2v) is 4.11. The van der Waals surface area contributed by atoms with E-state index in [-0.39, 0.29) is 5.12 Å². The van der Waals surface area contributed by atoms with Gasteiger partial charge in [-0.2, -0.15) is 0 Å². The molecule has 0 aliphatic carbocycles. The minimum atomic E-state index is 0.146. The first-order valence-corrected chi connectivity index (χ1v) is 5.40. The lowest BCUT2D eigenvalue weighted by Crippen LogP contribution is -1.85. The minimum absolute atomic E-state index is 0.146. The maximum atomic E-state index is 10.6. The number of carbonyl (C=O) groups is 1. The lowest BCUT2D eigenvalue weighted by atomic mass is 10.2. The molecule has 1 heterocycles. The van der Waals surface area contributed by atoms with E-state index in [0.29, 0.717) is 5.75 Å². The molecule has 0 fully saturated rings. The van der Waals surface area contributed by atoms with Crippen molar-refractivity contribution in [2.24, 2.45) is 0 Å². The number of hydrogen-bond acceptors (Lipinski definition) is 3. The van der Waals surface area contributed by atoms with Crippen LogP contribution in [0.15, 0.2) is 24.4 Å². The van der Waals surface area contributed by atoms with E-state index in [9.17, 15) is 4.79 Å². The highest BCUT2D eigenvalue weighted by atomic mass is 32.2. The summed E-state index contributed by atoms with van der Waals surface area (Å²) in [6, 6.07) is 3.93. The molecule has 0 N–H and O–H groups in total. The molecule has 0 amide bonds. The highest BCUT2D eigenvalue weighted by Gasteiger charge is 1.93. The molecule has 0 aromatic carbocycles. The van der Waals surface area contributed by atoms with E-state index in [4.69, 9.17) is 0 Å². The number of rotatable bonds is 3. The zero-order chi connectivity index (χ0) is 10.4. The van der Waals surface area contributed by atoms with E-state index >= 15 is 0 Å². The Hall–Kier alpha value is -1.09. The van der Waals surface area contributed by atoms with Crippen LogP contribution < -0.4 is 0 Å². The number of hydrogen-bond donors (Lipinski definition) is 0. The third-order valence-electron chi connectivity index (χ3n) is 1.71. The van der Waals surface area contributed by atoms with Gasteiger partial charge >= 0.3 is 0 Å². The fourth-order valence-corrected chi connectivity index (χ4v) is 1.42. The molecule has 74 valence electrons. The van der Waals surface area contributed by atoms with Crippen molar-refractivity contribution in [3.8, 4) is 0 Å². The summed E-state index contributed by atoms with van der Waals surface area (Å²) in [7, 11) is 0. The first-order chi connectivity index (χ1) is 6.70. The van der Waals surface area contributed by atoms with Gasteiger partial charge in [-0.15, -0.1) is 0 Å². The largest absolute Gasteiger partial charge is 0.288 e. The molecule has 0 saturated heterocycles. The van der Waals surface area contributed by atoms with Crippen molar-refractivity contribution >= 4 is 23.0 Å². The monoisotopic (exact) mass is 207 g/mol. The number of pyridine rings is 1. The number of aryl methyl sites for hydroxylation is 1. The molecule has 1 aromatic rings. The Labute approximate surface area is 88.4 Å². The van der Waals surface area contributed by atoms with Gasteiger partial charge in [0.1, 0.15) is 0 Å². The molecular weight excluding hydrogens is 194 g/mol. The fourth-order valence-electron chi connectivity index (χ4n) is 0.998. The highest BCUT2D eigenvalue weighted by Crippen LogP contribution is 2.07. The van der Waals surface area contributed by atoms with Gasteiger partial charge in [0.15, 0.2) is 5.12 Å². The third kappa shape index (κ3) is 3.75. The lowest BCUT2D eigenvalue weighted by Gasteiger charge is -1.96. The van der Waals surface area contributed by atoms with E-state index in [1.54, 1.807) is 13.1 Å². The second-order valence-electron chi connectivity index (χ2n) is 2.91. The molecule has 0 spiro atoms. The summed E-state index contributed by atoms with van der Waals surface area (Å²) in [4.78, 5) is 14.8. The summed E-state index contributed by atoms with van der Waals surface area (Å²) in [5, 5.41) is 0.146. The van der Waals surface area contributed by atoms with Gasteiger partial charge in [-0.1, -0.05) is 23.9 Å². The van der Waals surface area contributed by atoms with Crippen LogP contribution in [-0.4, -0.2) is 15.9 Å². The van der Waals surface area contributed by atoms with Crippen LogP contribution >= 0.6 is 11.8 Å². The molecule has 14 heavy (non-hydrogen) atoms. The molecule has 0 unspecified atom stereocenters. The van der Waals surface area contributed by atoms with E-state index < -0.39 is 0 Å². The van der Waals surface area contributed by atoms with Crippen LogP contribution in [0.4, 0.5) is 0 Å². The van der Waals surface area contributed by atoms with E-state index in [0.717, 1.165) is 11.3 Å². The van der Waals surface area contributed by atoms with Gasteiger partial charge in [-0.05, 0) is 24.6 Å². The predicted molar refractivity (Wildman–Crippen MR) is 61.1 cm³/mol.